The first-order valence-electron chi connectivity index (χ1n) is 7.61. The minimum atomic E-state index is -4.35. The Morgan fingerprint density at radius 2 is 1.58 bits per heavy atom. The van der Waals surface area contributed by atoms with Crippen LogP contribution >= 0.6 is 11.3 Å². The van der Waals surface area contributed by atoms with E-state index in [9.17, 15) is 13.2 Å². The van der Waals surface area contributed by atoms with Crippen LogP contribution < -0.4 is 4.78 Å². The van der Waals surface area contributed by atoms with E-state index in [1.165, 1.54) is 17.4 Å². The molecule has 3 rings (SSSR count). The molecule has 24 heavy (non-hydrogen) atoms. The maximum atomic E-state index is 12.9. The highest BCUT2D eigenvalue weighted by molar-refractivity contribution is 7.21. The van der Waals surface area contributed by atoms with Gasteiger partial charge in [0.15, 0.2) is 0 Å². The predicted molar refractivity (Wildman–Crippen MR) is 90.5 cm³/mol. The van der Waals surface area contributed by atoms with Gasteiger partial charge in [-0.2, -0.15) is 24.5 Å². The fraction of sp³-hybridized carbons (Fsp3) is 0.412. The van der Waals surface area contributed by atoms with E-state index in [1.807, 2.05) is 39.1 Å². The molecule has 2 aromatic rings. The van der Waals surface area contributed by atoms with Crippen molar-refractivity contribution < 1.29 is 22.5 Å². The molecule has 0 amide bonds. The molecule has 1 saturated heterocycles. The predicted octanol–water partition coefficient (Wildman–Crippen LogP) is 4.73. The van der Waals surface area contributed by atoms with E-state index < -0.39 is 30.1 Å². The van der Waals surface area contributed by atoms with Crippen molar-refractivity contribution in [1.82, 2.24) is 0 Å². The highest BCUT2D eigenvalue weighted by Crippen LogP contribution is 2.37. The maximum absolute atomic E-state index is 12.9. The van der Waals surface area contributed by atoms with Crippen LogP contribution in [0.1, 0.15) is 33.3 Å². The Kier molecular flexibility index (Phi) is 4.09. The van der Waals surface area contributed by atoms with Crippen LogP contribution in [0.2, 0.25) is 0 Å². The van der Waals surface area contributed by atoms with Crippen molar-refractivity contribution in [3.8, 4) is 11.1 Å². The number of benzene rings is 1. The third-order valence-electron chi connectivity index (χ3n) is 4.63. The zero-order valence-corrected chi connectivity index (χ0v) is 14.7. The SMILES string of the molecule is CC1(C)OB(c2cc(-c3cccc(C(F)(F)F)c3)cs2)OC1(C)C. The van der Waals surface area contributed by atoms with E-state index in [4.69, 9.17) is 9.31 Å². The van der Waals surface area contributed by atoms with E-state index in [0.717, 1.165) is 22.5 Å². The van der Waals surface area contributed by atoms with Crippen LogP contribution in [0, 0.1) is 0 Å². The lowest BCUT2D eigenvalue weighted by Gasteiger charge is -2.32. The topological polar surface area (TPSA) is 18.5 Å². The second kappa shape index (κ2) is 5.61. The van der Waals surface area contributed by atoms with E-state index in [0.29, 0.717) is 5.56 Å². The molecule has 7 heteroatoms. The molecule has 2 nitrogen and oxygen atoms in total. The van der Waals surface area contributed by atoms with Gasteiger partial charge in [-0.3, -0.25) is 0 Å². The van der Waals surface area contributed by atoms with Crippen LogP contribution in [0.25, 0.3) is 11.1 Å². The number of alkyl halides is 3. The molecule has 1 aliphatic rings. The number of rotatable bonds is 2. The molecule has 0 N–H and O–H groups in total. The van der Waals surface area contributed by atoms with Gasteiger partial charge in [-0.05, 0) is 62.4 Å². The summed E-state index contributed by atoms with van der Waals surface area (Å²) in [7, 11) is -0.500. The molecule has 2 heterocycles. The molecule has 1 aliphatic heterocycles. The van der Waals surface area contributed by atoms with Crippen molar-refractivity contribution in [2.75, 3.05) is 0 Å². The van der Waals surface area contributed by atoms with Gasteiger partial charge in [0, 0.05) is 4.78 Å². The highest BCUT2D eigenvalue weighted by atomic mass is 32.1. The van der Waals surface area contributed by atoms with E-state index >= 15 is 0 Å². The van der Waals surface area contributed by atoms with E-state index in [2.05, 4.69) is 0 Å². The summed E-state index contributed by atoms with van der Waals surface area (Å²) in [5.41, 5.74) is -0.279. The third kappa shape index (κ3) is 3.12. The monoisotopic (exact) mass is 354 g/mol. The minimum Gasteiger partial charge on any atom is -0.399 e. The van der Waals surface area contributed by atoms with Gasteiger partial charge in [-0.25, -0.2) is 0 Å². The summed E-state index contributed by atoms with van der Waals surface area (Å²) in [6, 6.07) is 7.17. The summed E-state index contributed by atoms with van der Waals surface area (Å²) < 4.78 is 51.4. The van der Waals surface area contributed by atoms with E-state index in [1.54, 1.807) is 6.07 Å². The van der Waals surface area contributed by atoms with Gasteiger partial charge in [0.2, 0.25) is 0 Å². The lowest BCUT2D eigenvalue weighted by Crippen LogP contribution is -2.41. The molecular formula is C17H18BF3O2S. The number of hydrogen-bond donors (Lipinski definition) is 0. The Hall–Kier alpha value is -1.31. The zero-order chi connectivity index (χ0) is 17.8. The first-order valence-corrected chi connectivity index (χ1v) is 8.49. The highest BCUT2D eigenvalue weighted by Gasteiger charge is 2.52. The van der Waals surface area contributed by atoms with Crippen LogP contribution in [0.4, 0.5) is 13.2 Å². The second-order valence-electron chi connectivity index (χ2n) is 6.90. The maximum Gasteiger partial charge on any atom is 0.505 e. The molecule has 1 aromatic heterocycles. The summed E-state index contributed by atoms with van der Waals surface area (Å²) in [6.07, 6.45) is -4.35. The quantitative estimate of drug-likeness (QED) is 0.726. The Labute approximate surface area is 143 Å². The van der Waals surface area contributed by atoms with Gasteiger partial charge >= 0.3 is 13.3 Å². The Bertz CT molecular complexity index is 736. The van der Waals surface area contributed by atoms with Crippen molar-refractivity contribution in [1.29, 1.82) is 0 Å². The molecule has 0 spiro atoms. The largest absolute Gasteiger partial charge is 0.505 e. The molecule has 1 fully saturated rings. The normalized spacial score (nSPS) is 19.7. The smallest absolute Gasteiger partial charge is 0.399 e. The van der Waals surface area contributed by atoms with Crippen molar-refractivity contribution in [3.63, 3.8) is 0 Å². The first kappa shape index (κ1) is 17.5. The Morgan fingerprint density at radius 3 is 2.17 bits per heavy atom. The number of halogens is 3. The van der Waals surface area contributed by atoms with Gasteiger partial charge in [-0.15, -0.1) is 0 Å². The van der Waals surface area contributed by atoms with Crippen LogP contribution in [0.3, 0.4) is 0 Å². The Balaban J connectivity index is 1.87. The fourth-order valence-corrected chi connectivity index (χ4v) is 3.33. The van der Waals surface area contributed by atoms with Gasteiger partial charge in [-0.1, -0.05) is 12.1 Å². The number of thiophene rings is 1. The summed E-state index contributed by atoms with van der Waals surface area (Å²) in [6.45, 7) is 7.87. The molecule has 0 unspecified atom stereocenters. The Morgan fingerprint density at radius 1 is 0.958 bits per heavy atom. The second-order valence-corrected chi connectivity index (χ2v) is 7.85. The molecule has 0 aliphatic carbocycles. The molecule has 0 radical (unpaired) electrons. The summed E-state index contributed by atoms with van der Waals surface area (Å²) in [5, 5.41) is 1.83. The van der Waals surface area contributed by atoms with Gasteiger partial charge < -0.3 is 9.31 Å². The fourth-order valence-electron chi connectivity index (χ4n) is 2.46. The first-order chi connectivity index (χ1) is 11.0. The van der Waals surface area contributed by atoms with E-state index in [-0.39, 0.29) is 0 Å². The van der Waals surface area contributed by atoms with Gasteiger partial charge in [0.25, 0.3) is 0 Å². The molecule has 128 valence electrons. The average Bonchev–Trinajstić information content (AvgIpc) is 3.02. The van der Waals surface area contributed by atoms with Crippen LogP contribution in [0.15, 0.2) is 35.7 Å². The standard InChI is InChI=1S/C17H18BF3O2S/c1-15(2)16(3,4)23-18(22-15)14-9-12(10-24-14)11-6-5-7-13(8-11)17(19,20)21/h5-10H,1-4H3. The molecular weight excluding hydrogens is 336 g/mol. The minimum absolute atomic E-state index is 0.446. The summed E-state index contributed by atoms with van der Waals surface area (Å²) >= 11 is 1.43. The van der Waals surface area contributed by atoms with Crippen LogP contribution in [0.5, 0.6) is 0 Å². The van der Waals surface area contributed by atoms with Crippen molar-refractivity contribution >= 4 is 23.2 Å². The third-order valence-corrected chi connectivity index (χ3v) is 5.58. The van der Waals surface area contributed by atoms with Crippen molar-refractivity contribution in [2.24, 2.45) is 0 Å². The number of hydrogen-bond acceptors (Lipinski definition) is 3. The van der Waals surface area contributed by atoms with Crippen LogP contribution in [-0.4, -0.2) is 18.3 Å². The van der Waals surface area contributed by atoms with Crippen molar-refractivity contribution in [2.45, 2.75) is 45.1 Å². The molecule has 0 bridgehead atoms. The van der Waals surface area contributed by atoms with Crippen LogP contribution in [-0.2, 0) is 15.5 Å². The lowest BCUT2D eigenvalue weighted by molar-refractivity contribution is -0.137. The summed E-state index contributed by atoms with van der Waals surface area (Å²) in [5.74, 6) is 0. The average molecular weight is 354 g/mol. The molecule has 0 atom stereocenters. The lowest BCUT2D eigenvalue weighted by atomic mass is 9.87. The van der Waals surface area contributed by atoms with Crippen molar-refractivity contribution in [3.05, 3.63) is 41.3 Å². The summed E-state index contributed by atoms with van der Waals surface area (Å²) in [4.78, 5) is 0. The zero-order valence-electron chi connectivity index (χ0n) is 13.9. The van der Waals surface area contributed by atoms with Gasteiger partial charge in [0.05, 0.1) is 16.8 Å². The molecule has 0 saturated carbocycles. The van der Waals surface area contributed by atoms with Gasteiger partial charge in [0.1, 0.15) is 0 Å². The molecule has 1 aromatic carbocycles.